The monoisotopic (exact) mass is 192 g/mol. The highest BCUT2D eigenvalue weighted by molar-refractivity contribution is 6.15. The Hall–Kier alpha value is -1.84. The number of rotatable bonds is 1. The van der Waals surface area contributed by atoms with Gasteiger partial charge in [-0.1, -0.05) is 0 Å². The first-order chi connectivity index (χ1) is 6.63. The number of ether oxygens (including phenoxy) is 2. The van der Waals surface area contributed by atoms with E-state index in [1.54, 1.807) is 13.0 Å². The molecule has 4 heteroatoms. The minimum atomic E-state index is -0.605. The summed E-state index contributed by atoms with van der Waals surface area (Å²) in [6.07, 6.45) is 0. The minimum absolute atomic E-state index is 0.284. The highest BCUT2D eigenvalue weighted by Crippen LogP contribution is 2.27. The lowest BCUT2D eigenvalue weighted by molar-refractivity contribution is 0.0443. The molecule has 0 amide bonds. The molecule has 4 nitrogen and oxygen atoms in total. The molecule has 0 fully saturated rings. The number of cyclic esters (lactones) is 2. The van der Waals surface area contributed by atoms with E-state index >= 15 is 0 Å². The lowest BCUT2D eigenvalue weighted by Gasteiger charge is -2.03. The second-order valence-corrected chi connectivity index (χ2v) is 3.04. The standard InChI is InChI=1S/C10H8O4/c1-5-3-6(13-2)4-7-8(5)10(12)14-9(7)11/h3-4H,1-2H3. The van der Waals surface area contributed by atoms with Crippen molar-refractivity contribution in [2.75, 3.05) is 7.11 Å². The number of benzene rings is 1. The van der Waals surface area contributed by atoms with Crippen molar-refractivity contribution in [2.45, 2.75) is 6.92 Å². The molecule has 0 bridgehead atoms. The van der Waals surface area contributed by atoms with Gasteiger partial charge in [0.1, 0.15) is 5.75 Å². The fourth-order valence-corrected chi connectivity index (χ4v) is 1.49. The molecule has 0 unspecified atom stereocenters. The van der Waals surface area contributed by atoms with Gasteiger partial charge in [0.05, 0.1) is 18.2 Å². The van der Waals surface area contributed by atoms with Gasteiger partial charge in [-0.05, 0) is 24.6 Å². The Morgan fingerprint density at radius 1 is 1.21 bits per heavy atom. The zero-order valence-corrected chi connectivity index (χ0v) is 7.79. The van der Waals surface area contributed by atoms with Crippen molar-refractivity contribution in [3.05, 3.63) is 28.8 Å². The molecule has 0 atom stereocenters. The zero-order valence-electron chi connectivity index (χ0n) is 7.79. The van der Waals surface area contributed by atoms with Gasteiger partial charge in [-0.25, -0.2) is 9.59 Å². The van der Waals surface area contributed by atoms with Crippen LogP contribution in [-0.2, 0) is 4.74 Å². The van der Waals surface area contributed by atoms with Crippen LogP contribution in [-0.4, -0.2) is 19.0 Å². The summed E-state index contributed by atoms with van der Waals surface area (Å²) in [6.45, 7) is 1.74. The second kappa shape index (κ2) is 2.83. The molecule has 0 radical (unpaired) electrons. The third kappa shape index (κ3) is 1.08. The van der Waals surface area contributed by atoms with Gasteiger partial charge in [0.2, 0.25) is 0 Å². The Bertz CT molecular complexity index is 434. The average molecular weight is 192 g/mol. The number of fused-ring (bicyclic) bond motifs is 1. The number of aryl methyl sites for hydroxylation is 1. The van der Waals surface area contributed by atoms with Crippen LogP contribution in [0.1, 0.15) is 26.3 Å². The molecule has 1 aliphatic rings. The molecule has 14 heavy (non-hydrogen) atoms. The van der Waals surface area contributed by atoms with E-state index in [4.69, 9.17) is 4.74 Å². The van der Waals surface area contributed by atoms with E-state index in [2.05, 4.69) is 4.74 Å². The summed E-state index contributed by atoms with van der Waals surface area (Å²) >= 11 is 0. The van der Waals surface area contributed by atoms with Crippen LogP contribution < -0.4 is 4.74 Å². The Kier molecular flexibility index (Phi) is 1.77. The molecule has 0 saturated heterocycles. The first kappa shape index (κ1) is 8.74. The van der Waals surface area contributed by atoms with Crippen molar-refractivity contribution in [1.82, 2.24) is 0 Å². The van der Waals surface area contributed by atoms with Crippen molar-refractivity contribution in [3.8, 4) is 5.75 Å². The second-order valence-electron chi connectivity index (χ2n) is 3.04. The smallest absolute Gasteiger partial charge is 0.347 e. The number of carbonyl (C=O) groups is 2. The largest absolute Gasteiger partial charge is 0.497 e. The van der Waals surface area contributed by atoms with Gasteiger partial charge in [0.25, 0.3) is 0 Å². The summed E-state index contributed by atoms with van der Waals surface area (Å²) in [7, 11) is 1.50. The molecule has 1 aromatic carbocycles. The average Bonchev–Trinajstić information content (AvgIpc) is 2.42. The molecular weight excluding hydrogens is 184 g/mol. The van der Waals surface area contributed by atoms with Gasteiger partial charge in [-0.3, -0.25) is 0 Å². The normalized spacial score (nSPS) is 13.9. The van der Waals surface area contributed by atoms with Crippen molar-refractivity contribution < 1.29 is 19.1 Å². The quantitative estimate of drug-likeness (QED) is 0.497. The van der Waals surface area contributed by atoms with E-state index in [9.17, 15) is 9.59 Å². The van der Waals surface area contributed by atoms with E-state index in [1.165, 1.54) is 13.2 Å². The third-order valence-electron chi connectivity index (χ3n) is 2.15. The van der Waals surface area contributed by atoms with E-state index in [-0.39, 0.29) is 5.56 Å². The van der Waals surface area contributed by atoms with Gasteiger partial charge in [-0.15, -0.1) is 0 Å². The van der Waals surface area contributed by atoms with Gasteiger partial charge >= 0.3 is 11.9 Å². The van der Waals surface area contributed by atoms with E-state index < -0.39 is 11.9 Å². The van der Waals surface area contributed by atoms with Crippen LogP contribution >= 0.6 is 0 Å². The van der Waals surface area contributed by atoms with Crippen LogP contribution in [0.15, 0.2) is 12.1 Å². The summed E-state index contributed by atoms with van der Waals surface area (Å²) < 4.78 is 9.46. The summed E-state index contributed by atoms with van der Waals surface area (Å²) in [5.74, 6) is -0.634. The Morgan fingerprint density at radius 3 is 2.57 bits per heavy atom. The maximum atomic E-state index is 11.2. The molecule has 0 spiro atoms. The molecule has 0 saturated carbocycles. The van der Waals surface area contributed by atoms with E-state index in [0.717, 1.165) is 0 Å². The number of hydrogen-bond donors (Lipinski definition) is 0. The molecule has 1 heterocycles. The molecule has 1 aliphatic heterocycles. The molecular formula is C10H8O4. The lowest BCUT2D eigenvalue weighted by atomic mass is 10.0. The van der Waals surface area contributed by atoms with Crippen molar-refractivity contribution in [1.29, 1.82) is 0 Å². The van der Waals surface area contributed by atoms with Crippen molar-refractivity contribution in [2.24, 2.45) is 0 Å². The predicted molar refractivity (Wildman–Crippen MR) is 47.5 cm³/mol. The van der Waals surface area contributed by atoms with E-state index in [0.29, 0.717) is 16.9 Å². The first-order valence-corrected chi connectivity index (χ1v) is 4.08. The van der Waals surface area contributed by atoms with Crippen molar-refractivity contribution >= 4 is 11.9 Å². The maximum absolute atomic E-state index is 11.2. The fraction of sp³-hybridized carbons (Fsp3) is 0.200. The molecule has 0 aliphatic carbocycles. The predicted octanol–water partition coefficient (Wildman–Crippen LogP) is 1.31. The minimum Gasteiger partial charge on any atom is -0.497 e. The maximum Gasteiger partial charge on any atom is 0.347 e. The molecule has 0 aromatic heterocycles. The van der Waals surface area contributed by atoms with Gasteiger partial charge < -0.3 is 9.47 Å². The fourth-order valence-electron chi connectivity index (χ4n) is 1.49. The van der Waals surface area contributed by atoms with Crippen molar-refractivity contribution in [3.63, 3.8) is 0 Å². The van der Waals surface area contributed by atoms with Crippen LogP contribution in [0.3, 0.4) is 0 Å². The molecule has 0 N–H and O–H groups in total. The Morgan fingerprint density at radius 2 is 1.93 bits per heavy atom. The summed E-state index contributed by atoms with van der Waals surface area (Å²) in [4.78, 5) is 22.4. The van der Waals surface area contributed by atoms with Gasteiger partial charge in [0.15, 0.2) is 0 Å². The first-order valence-electron chi connectivity index (χ1n) is 4.08. The summed E-state index contributed by atoms with van der Waals surface area (Å²) in [5, 5.41) is 0. The molecule has 2 rings (SSSR count). The van der Waals surface area contributed by atoms with Crippen LogP contribution in [0.2, 0.25) is 0 Å². The highest BCUT2D eigenvalue weighted by atomic mass is 16.6. The van der Waals surface area contributed by atoms with Crippen LogP contribution in [0.4, 0.5) is 0 Å². The van der Waals surface area contributed by atoms with Crippen LogP contribution in [0, 0.1) is 6.92 Å². The number of hydrogen-bond acceptors (Lipinski definition) is 4. The number of carbonyl (C=O) groups excluding carboxylic acids is 2. The third-order valence-corrected chi connectivity index (χ3v) is 2.15. The van der Waals surface area contributed by atoms with Gasteiger partial charge in [0, 0.05) is 0 Å². The van der Waals surface area contributed by atoms with Gasteiger partial charge in [-0.2, -0.15) is 0 Å². The molecule has 72 valence electrons. The number of methoxy groups -OCH3 is 1. The highest BCUT2D eigenvalue weighted by Gasteiger charge is 2.31. The summed E-state index contributed by atoms with van der Waals surface area (Å²) in [6, 6.07) is 3.20. The lowest BCUT2D eigenvalue weighted by Crippen LogP contribution is -1.98. The summed E-state index contributed by atoms with van der Waals surface area (Å²) in [5.41, 5.74) is 1.32. The topological polar surface area (TPSA) is 52.6 Å². The van der Waals surface area contributed by atoms with Crippen LogP contribution in [0.5, 0.6) is 5.75 Å². The number of esters is 2. The Balaban J connectivity index is 2.68. The zero-order chi connectivity index (χ0) is 10.3. The van der Waals surface area contributed by atoms with E-state index in [1.807, 2.05) is 0 Å². The Labute approximate surface area is 80.4 Å². The SMILES string of the molecule is COc1cc(C)c2c(c1)C(=O)OC2=O. The van der Waals surface area contributed by atoms with Crippen LogP contribution in [0.25, 0.3) is 0 Å². The molecule has 1 aromatic rings.